The molecular formula is C38H42F3N5O7. The summed E-state index contributed by atoms with van der Waals surface area (Å²) in [6.07, 6.45) is 3.04. The SMILES string of the molecule is NCCCCCCC(=O)N1CCCc2ccc(NC(=O)c3ccc(CN(C(=O)c4ccc5c(c4)OCC(=O)N5)C4CC4)cc3)cc21.O=C(O)C(F)(F)F. The normalized spacial score (nSPS) is 14.7. The molecule has 15 heteroatoms. The van der Waals surface area contributed by atoms with Gasteiger partial charge in [0.1, 0.15) is 5.75 Å². The highest BCUT2D eigenvalue weighted by molar-refractivity contribution is 6.05. The molecule has 2 aliphatic heterocycles. The van der Waals surface area contributed by atoms with Crippen molar-refractivity contribution < 1.29 is 47.0 Å². The summed E-state index contributed by atoms with van der Waals surface area (Å²) in [4.78, 5) is 64.0. The number of nitrogens with one attached hydrogen (secondary N) is 2. The van der Waals surface area contributed by atoms with Gasteiger partial charge in [-0.25, -0.2) is 4.79 Å². The van der Waals surface area contributed by atoms with Crippen molar-refractivity contribution in [3.63, 3.8) is 0 Å². The van der Waals surface area contributed by atoms with Gasteiger partial charge in [0.15, 0.2) is 6.61 Å². The van der Waals surface area contributed by atoms with Gasteiger partial charge in [-0.15, -0.1) is 0 Å². The summed E-state index contributed by atoms with van der Waals surface area (Å²) in [5, 5.41) is 12.9. The van der Waals surface area contributed by atoms with Crippen LogP contribution in [0.4, 0.5) is 30.2 Å². The number of carbonyl (C=O) groups excluding carboxylic acids is 4. The lowest BCUT2D eigenvalue weighted by Gasteiger charge is -2.30. The molecule has 0 spiro atoms. The number of halogens is 3. The molecule has 0 saturated heterocycles. The van der Waals surface area contributed by atoms with E-state index in [2.05, 4.69) is 10.6 Å². The predicted octanol–water partition coefficient (Wildman–Crippen LogP) is 5.90. The van der Waals surface area contributed by atoms with Gasteiger partial charge in [0.25, 0.3) is 17.7 Å². The zero-order valence-corrected chi connectivity index (χ0v) is 29.0. The zero-order chi connectivity index (χ0) is 38.1. The molecule has 6 rings (SSSR count). The second-order valence-electron chi connectivity index (χ2n) is 13.1. The highest BCUT2D eigenvalue weighted by Crippen LogP contribution is 2.34. The Morgan fingerprint density at radius 1 is 0.962 bits per heavy atom. The largest absolute Gasteiger partial charge is 0.490 e. The molecule has 53 heavy (non-hydrogen) atoms. The monoisotopic (exact) mass is 737 g/mol. The van der Waals surface area contributed by atoms with Crippen molar-refractivity contribution in [1.82, 2.24) is 4.90 Å². The molecule has 0 atom stereocenters. The summed E-state index contributed by atoms with van der Waals surface area (Å²) >= 11 is 0. The van der Waals surface area contributed by atoms with Crippen molar-refractivity contribution in [1.29, 1.82) is 0 Å². The molecule has 1 aliphatic carbocycles. The Morgan fingerprint density at radius 2 is 1.66 bits per heavy atom. The molecule has 1 fully saturated rings. The molecule has 0 aromatic heterocycles. The van der Waals surface area contributed by atoms with Crippen molar-refractivity contribution >= 4 is 46.7 Å². The minimum atomic E-state index is -5.08. The number of anilines is 3. The van der Waals surface area contributed by atoms with Gasteiger partial charge in [0, 0.05) is 48.1 Å². The van der Waals surface area contributed by atoms with Crippen LogP contribution in [0.2, 0.25) is 0 Å². The van der Waals surface area contributed by atoms with Crippen molar-refractivity contribution in [2.24, 2.45) is 5.73 Å². The van der Waals surface area contributed by atoms with Gasteiger partial charge in [0.2, 0.25) is 5.91 Å². The summed E-state index contributed by atoms with van der Waals surface area (Å²) in [7, 11) is 0. The number of fused-ring (bicyclic) bond motifs is 2. The number of aliphatic carboxylic acids is 1. The third-order valence-corrected chi connectivity index (χ3v) is 9.03. The minimum absolute atomic E-state index is 0.0717. The Balaban J connectivity index is 0.000000705. The number of unbranched alkanes of at least 4 members (excludes halogenated alkanes) is 3. The van der Waals surface area contributed by atoms with E-state index in [1.54, 1.807) is 30.3 Å². The molecule has 4 amide bonds. The van der Waals surface area contributed by atoms with Crippen LogP contribution in [-0.2, 0) is 27.3 Å². The number of benzene rings is 3. The van der Waals surface area contributed by atoms with Crippen LogP contribution < -0.4 is 26.0 Å². The van der Waals surface area contributed by atoms with E-state index in [1.807, 2.05) is 40.1 Å². The van der Waals surface area contributed by atoms with Crippen LogP contribution >= 0.6 is 0 Å². The van der Waals surface area contributed by atoms with Crippen molar-refractivity contribution in [3.05, 3.63) is 82.9 Å². The molecular weight excluding hydrogens is 695 g/mol. The first-order chi connectivity index (χ1) is 25.3. The number of carboxylic acid groups (broad SMARTS) is 1. The van der Waals surface area contributed by atoms with Gasteiger partial charge in [0.05, 0.1) is 5.69 Å². The van der Waals surface area contributed by atoms with Gasteiger partial charge in [-0.2, -0.15) is 13.2 Å². The predicted molar refractivity (Wildman–Crippen MR) is 191 cm³/mol. The Hall–Kier alpha value is -5.44. The molecule has 5 N–H and O–H groups in total. The number of hydrogen-bond donors (Lipinski definition) is 4. The first-order valence-electron chi connectivity index (χ1n) is 17.6. The van der Waals surface area contributed by atoms with E-state index in [9.17, 15) is 32.3 Å². The van der Waals surface area contributed by atoms with Gasteiger partial charge in [-0.05, 0) is 98.7 Å². The molecule has 282 valence electrons. The summed E-state index contributed by atoms with van der Waals surface area (Å²) in [6.45, 7) is 1.72. The van der Waals surface area contributed by atoms with Gasteiger partial charge < -0.3 is 36.0 Å². The van der Waals surface area contributed by atoms with Crippen molar-refractivity contribution in [2.75, 3.05) is 35.2 Å². The molecule has 3 aromatic rings. The molecule has 0 radical (unpaired) electrons. The van der Waals surface area contributed by atoms with Crippen LogP contribution in [0.5, 0.6) is 5.75 Å². The molecule has 3 aromatic carbocycles. The number of amides is 4. The van der Waals surface area contributed by atoms with Crippen molar-refractivity contribution in [3.8, 4) is 5.75 Å². The first kappa shape index (κ1) is 38.8. The number of ether oxygens (including phenoxy) is 1. The standard InChI is InChI=1S/C36H41N5O5.C2HF3O2/c37-18-4-2-1-3-7-34(43)40-19-5-6-25-12-14-28(21-31(25)40)38-35(44)26-10-8-24(9-11-26)22-41(29-15-16-29)36(45)27-13-17-30-32(20-27)46-23-33(42)39-30;3-2(4,5)1(6)7/h8-14,17,20-21,29H,1-7,15-16,18-19,22-23,37H2,(H,38,44)(H,39,42);(H,6,7). The number of carbonyl (C=O) groups is 5. The van der Waals surface area contributed by atoms with Crippen LogP contribution in [-0.4, -0.2) is 71.5 Å². The smallest absolute Gasteiger partial charge is 0.482 e. The Kier molecular flexibility index (Phi) is 12.7. The third-order valence-electron chi connectivity index (χ3n) is 9.03. The number of rotatable bonds is 12. The average Bonchev–Trinajstić information content (AvgIpc) is 3.98. The van der Waals surface area contributed by atoms with E-state index < -0.39 is 12.1 Å². The lowest BCUT2D eigenvalue weighted by atomic mass is 10.00. The second-order valence-corrected chi connectivity index (χ2v) is 13.1. The molecule has 2 heterocycles. The van der Waals surface area contributed by atoms with E-state index in [-0.39, 0.29) is 36.3 Å². The van der Waals surface area contributed by atoms with Crippen LogP contribution in [0.15, 0.2) is 60.7 Å². The maximum atomic E-state index is 13.5. The van der Waals surface area contributed by atoms with E-state index in [1.165, 1.54) is 0 Å². The lowest BCUT2D eigenvalue weighted by molar-refractivity contribution is -0.192. The van der Waals surface area contributed by atoms with Gasteiger partial charge >= 0.3 is 12.1 Å². The van der Waals surface area contributed by atoms with Gasteiger partial charge in [-0.3, -0.25) is 19.2 Å². The molecule has 3 aliphatic rings. The summed E-state index contributed by atoms with van der Waals surface area (Å²) in [6, 6.07) is 18.4. The van der Waals surface area contributed by atoms with Crippen LogP contribution in [0.1, 0.15) is 83.2 Å². The third kappa shape index (κ3) is 10.6. The van der Waals surface area contributed by atoms with E-state index in [0.29, 0.717) is 54.3 Å². The van der Waals surface area contributed by atoms with Crippen LogP contribution in [0.25, 0.3) is 0 Å². The average molecular weight is 738 g/mol. The molecule has 1 saturated carbocycles. The quantitative estimate of drug-likeness (QED) is 0.167. The number of aryl methyl sites for hydroxylation is 1. The van der Waals surface area contributed by atoms with E-state index in [4.69, 9.17) is 20.4 Å². The summed E-state index contributed by atoms with van der Waals surface area (Å²) in [5.74, 6) is -2.70. The lowest BCUT2D eigenvalue weighted by Crippen LogP contribution is -2.35. The molecule has 12 nitrogen and oxygen atoms in total. The fourth-order valence-electron chi connectivity index (χ4n) is 6.11. The summed E-state index contributed by atoms with van der Waals surface area (Å²) in [5.41, 5.74) is 10.7. The number of nitrogens with zero attached hydrogens (tertiary/aromatic N) is 2. The summed E-state index contributed by atoms with van der Waals surface area (Å²) < 4.78 is 37.2. The van der Waals surface area contributed by atoms with E-state index >= 15 is 0 Å². The van der Waals surface area contributed by atoms with Crippen LogP contribution in [0.3, 0.4) is 0 Å². The maximum Gasteiger partial charge on any atom is 0.490 e. The fourth-order valence-corrected chi connectivity index (χ4v) is 6.11. The molecule has 0 unspecified atom stereocenters. The minimum Gasteiger partial charge on any atom is -0.482 e. The highest BCUT2D eigenvalue weighted by Gasteiger charge is 2.38. The van der Waals surface area contributed by atoms with E-state index in [0.717, 1.165) is 68.2 Å². The zero-order valence-electron chi connectivity index (χ0n) is 29.0. The van der Waals surface area contributed by atoms with Gasteiger partial charge in [-0.1, -0.05) is 31.0 Å². The Bertz CT molecular complexity index is 1830. The Morgan fingerprint density at radius 3 is 2.34 bits per heavy atom. The highest BCUT2D eigenvalue weighted by atomic mass is 19.4. The number of carboxylic acids is 1. The Labute approximate surface area is 304 Å². The first-order valence-corrected chi connectivity index (χ1v) is 17.6. The second kappa shape index (κ2) is 17.4. The number of nitrogens with two attached hydrogens (primary N) is 1. The number of alkyl halides is 3. The van der Waals surface area contributed by atoms with Crippen molar-refractivity contribution in [2.45, 2.75) is 76.6 Å². The van der Waals surface area contributed by atoms with Crippen LogP contribution in [0, 0.1) is 0 Å². The maximum absolute atomic E-state index is 13.5. The number of hydrogen-bond acceptors (Lipinski definition) is 7. The topological polar surface area (TPSA) is 171 Å². The fraction of sp³-hybridized carbons (Fsp3) is 0.395. The molecule has 0 bridgehead atoms.